The van der Waals surface area contributed by atoms with Crippen molar-refractivity contribution in [2.24, 2.45) is 0 Å². The molecule has 126 valence electrons. The van der Waals surface area contributed by atoms with Crippen LogP contribution in [0.25, 0.3) is 16.2 Å². The minimum atomic E-state index is -0.175. The first-order valence-corrected chi connectivity index (χ1v) is 8.89. The van der Waals surface area contributed by atoms with Crippen LogP contribution in [-0.4, -0.2) is 22.3 Å². The molecule has 4 nitrogen and oxygen atoms in total. The zero-order valence-corrected chi connectivity index (χ0v) is 15.5. The van der Waals surface area contributed by atoms with E-state index in [4.69, 9.17) is 9.72 Å². The van der Waals surface area contributed by atoms with Gasteiger partial charge in [0.25, 0.3) is 0 Å². The first-order chi connectivity index (χ1) is 11.4. The number of ether oxygens (including phenoxy) is 1. The molecule has 2 aromatic heterocycles. The van der Waals surface area contributed by atoms with Gasteiger partial charge < -0.3 is 4.74 Å². The normalized spacial score (nSPS) is 11.9. The van der Waals surface area contributed by atoms with Crippen LogP contribution in [0, 0.1) is 6.92 Å². The fraction of sp³-hybridized carbons (Fsp3) is 0.368. The Kier molecular flexibility index (Phi) is 4.22. The summed E-state index contributed by atoms with van der Waals surface area (Å²) < 4.78 is 7.51. The topological polar surface area (TPSA) is 43.6 Å². The first kappa shape index (κ1) is 16.7. The number of hydrogen-bond donors (Lipinski definition) is 0. The number of carbonyl (C=O) groups excluding carboxylic acids is 1. The van der Waals surface area contributed by atoms with Gasteiger partial charge in [0.15, 0.2) is 11.2 Å². The maximum Gasteiger partial charge on any atom is 0.195 e. The largest absolute Gasteiger partial charge is 0.494 e. The predicted octanol–water partition coefficient (Wildman–Crippen LogP) is 4.88. The van der Waals surface area contributed by atoms with Crippen molar-refractivity contribution in [1.82, 2.24) is 9.38 Å². The van der Waals surface area contributed by atoms with E-state index in [9.17, 15) is 4.79 Å². The molecule has 0 bridgehead atoms. The van der Waals surface area contributed by atoms with E-state index < -0.39 is 0 Å². The fourth-order valence-electron chi connectivity index (χ4n) is 2.91. The van der Waals surface area contributed by atoms with Gasteiger partial charge in [-0.2, -0.15) is 0 Å². The highest BCUT2D eigenvalue weighted by molar-refractivity contribution is 7.17. The summed E-state index contributed by atoms with van der Waals surface area (Å²) in [7, 11) is 0. The third-order valence-electron chi connectivity index (χ3n) is 3.94. The number of aldehydes is 1. The minimum absolute atomic E-state index is 0.175. The summed E-state index contributed by atoms with van der Waals surface area (Å²) in [5.41, 5.74) is 3.40. The van der Waals surface area contributed by atoms with Gasteiger partial charge in [-0.3, -0.25) is 9.20 Å². The van der Waals surface area contributed by atoms with Gasteiger partial charge in [-0.05, 0) is 43.7 Å². The Labute approximate surface area is 146 Å². The number of thiazole rings is 1. The van der Waals surface area contributed by atoms with Crippen LogP contribution in [0.15, 0.2) is 24.3 Å². The van der Waals surface area contributed by atoms with Crippen molar-refractivity contribution < 1.29 is 9.53 Å². The summed E-state index contributed by atoms with van der Waals surface area (Å²) in [5.74, 6) is 0.849. The molecule has 0 aliphatic rings. The second kappa shape index (κ2) is 6.06. The lowest BCUT2D eigenvalue weighted by molar-refractivity contribution is 0.111. The summed E-state index contributed by atoms with van der Waals surface area (Å²) in [5, 5.41) is 0. The number of fused-ring (bicyclic) bond motifs is 1. The molecule has 2 heterocycles. The maximum absolute atomic E-state index is 11.8. The second-order valence-electron chi connectivity index (χ2n) is 6.80. The summed E-state index contributed by atoms with van der Waals surface area (Å²) >= 11 is 1.62. The SMILES string of the molecule is CCOc1ccc(-c2c(C)sc3nc(C(C)(C)C)c(C=O)n23)cc1. The fourth-order valence-corrected chi connectivity index (χ4v) is 3.91. The van der Waals surface area contributed by atoms with E-state index in [2.05, 4.69) is 27.7 Å². The van der Waals surface area contributed by atoms with E-state index in [0.29, 0.717) is 12.3 Å². The third-order valence-corrected chi connectivity index (χ3v) is 4.90. The van der Waals surface area contributed by atoms with Crippen molar-refractivity contribution in [3.05, 3.63) is 40.5 Å². The highest BCUT2D eigenvalue weighted by atomic mass is 32.1. The van der Waals surface area contributed by atoms with Gasteiger partial charge in [0.05, 0.1) is 18.0 Å². The second-order valence-corrected chi connectivity index (χ2v) is 7.98. The highest BCUT2D eigenvalue weighted by Crippen LogP contribution is 2.36. The highest BCUT2D eigenvalue weighted by Gasteiger charge is 2.26. The number of aryl methyl sites for hydroxylation is 1. The Morgan fingerprint density at radius 2 is 1.92 bits per heavy atom. The molecule has 0 aliphatic heterocycles. The number of rotatable bonds is 4. The van der Waals surface area contributed by atoms with Gasteiger partial charge in [-0.15, -0.1) is 11.3 Å². The molecule has 0 saturated carbocycles. The lowest BCUT2D eigenvalue weighted by Gasteiger charge is -2.16. The molecule has 3 aromatic rings. The van der Waals surface area contributed by atoms with Gasteiger partial charge in [0.2, 0.25) is 0 Å². The van der Waals surface area contributed by atoms with Crippen LogP contribution in [0.3, 0.4) is 0 Å². The average Bonchev–Trinajstić information content (AvgIpc) is 3.02. The van der Waals surface area contributed by atoms with Gasteiger partial charge in [0.1, 0.15) is 11.4 Å². The number of carbonyl (C=O) groups is 1. The molecule has 0 spiro atoms. The Bertz CT molecular complexity index is 883. The lowest BCUT2D eigenvalue weighted by atomic mass is 9.91. The monoisotopic (exact) mass is 342 g/mol. The van der Waals surface area contributed by atoms with Crippen molar-refractivity contribution in [1.29, 1.82) is 0 Å². The van der Waals surface area contributed by atoms with Gasteiger partial charge in [-0.25, -0.2) is 4.98 Å². The van der Waals surface area contributed by atoms with Crippen LogP contribution in [0.1, 0.15) is 48.8 Å². The van der Waals surface area contributed by atoms with Crippen molar-refractivity contribution in [3.8, 4) is 17.0 Å². The smallest absolute Gasteiger partial charge is 0.195 e. The number of imidazole rings is 1. The summed E-state index contributed by atoms with van der Waals surface area (Å²) in [4.78, 5) is 18.5. The minimum Gasteiger partial charge on any atom is -0.494 e. The molecule has 0 atom stereocenters. The Morgan fingerprint density at radius 3 is 2.46 bits per heavy atom. The standard InChI is InChI=1S/C19H22N2O2S/c1-6-23-14-9-7-13(8-10-14)16-12(2)24-18-20-17(19(3,4)5)15(11-22)21(16)18/h7-11H,6H2,1-5H3. The molecule has 0 amide bonds. The Morgan fingerprint density at radius 1 is 1.25 bits per heavy atom. The van der Waals surface area contributed by atoms with E-state index in [-0.39, 0.29) is 5.41 Å². The predicted molar refractivity (Wildman–Crippen MR) is 98.5 cm³/mol. The molecule has 0 radical (unpaired) electrons. The van der Waals surface area contributed by atoms with Crippen LogP contribution < -0.4 is 4.74 Å². The number of aromatic nitrogens is 2. The van der Waals surface area contributed by atoms with Crippen LogP contribution >= 0.6 is 11.3 Å². The summed E-state index contributed by atoms with van der Waals surface area (Å²) in [6.45, 7) is 10.9. The van der Waals surface area contributed by atoms with Crippen LogP contribution in [-0.2, 0) is 5.41 Å². The Balaban J connectivity index is 2.22. The third kappa shape index (κ3) is 2.73. The van der Waals surface area contributed by atoms with Crippen molar-refractivity contribution in [3.63, 3.8) is 0 Å². The molecule has 24 heavy (non-hydrogen) atoms. The summed E-state index contributed by atoms with van der Waals surface area (Å²) in [6.07, 6.45) is 0.921. The van der Waals surface area contributed by atoms with Crippen LogP contribution in [0.2, 0.25) is 0 Å². The number of hydrogen-bond acceptors (Lipinski definition) is 4. The quantitative estimate of drug-likeness (QED) is 0.635. The van der Waals surface area contributed by atoms with Crippen LogP contribution in [0.4, 0.5) is 0 Å². The summed E-state index contributed by atoms with van der Waals surface area (Å²) in [6, 6.07) is 7.99. The van der Waals surface area contributed by atoms with Crippen LogP contribution in [0.5, 0.6) is 5.75 Å². The zero-order valence-electron chi connectivity index (χ0n) is 14.7. The van der Waals surface area contributed by atoms with E-state index in [1.54, 1.807) is 11.3 Å². The molecule has 0 unspecified atom stereocenters. The molecule has 1 aromatic carbocycles. The van der Waals surface area contributed by atoms with Gasteiger partial charge in [0, 0.05) is 10.3 Å². The molecule has 0 aliphatic carbocycles. The Hall–Kier alpha value is -2.14. The average molecular weight is 342 g/mol. The first-order valence-electron chi connectivity index (χ1n) is 8.07. The number of nitrogens with zero attached hydrogens (tertiary/aromatic N) is 2. The molecule has 0 fully saturated rings. The van der Waals surface area contributed by atoms with E-state index in [1.165, 1.54) is 0 Å². The van der Waals surface area contributed by atoms with Gasteiger partial charge >= 0.3 is 0 Å². The van der Waals surface area contributed by atoms with Crippen molar-refractivity contribution in [2.45, 2.75) is 40.0 Å². The molecule has 3 rings (SSSR count). The lowest BCUT2D eigenvalue weighted by Crippen LogP contribution is -2.15. The van der Waals surface area contributed by atoms with Gasteiger partial charge in [-0.1, -0.05) is 20.8 Å². The number of benzene rings is 1. The van der Waals surface area contributed by atoms with E-state index in [0.717, 1.165) is 38.8 Å². The molecule has 5 heteroatoms. The maximum atomic E-state index is 11.8. The van der Waals surface area contributed by atoms with Crippen molar-refractivity contribution >= 4 is 22.6 Å². The van der Waals surface area contributed by atoms with E-state index in [1.807, 2.05) is 35.6 Å². The molecular weight excluding hydrogens is 320 g/mol. The molecular formula is C19H22N2O2S. The molecule has 0 N–H and O–H groups in total. The van der Waals surface area contributed by atoms with Crippen molar-refractivity contribution in [2.75, 3.05) is 6.61 Å². The zero-order chi connectivity index (χ0) is 17.5. The van der Waals surface area contributed by atoms with E-state index >= 15 is 0 Å². The molecule has 0 saturated heterocycles.